The van der Waals surface area contributed by atoms with E-state index in [9.17, 15) is 18.0 Å². The second-order valence-electron chi connectivity index (χ2n) is 3.38. The van der Waals surface area contributed by atoms with Gasteiger partial charge < -0.3 is 11.1 Å². The zero-order valence-electron chi connectivity index (χ0n) is 9.30. The van der Waals surface area contributed by atoms with Gasteiger partial charge in [-0.25, -0.2) is 4.98 Å². The summed E-state index contributed by atoms with van der Waals surface area (Å²) in [6.07, 6.45) is -4.31. The molecule has 1 amide bonds. The van der Waals surface area contributed by atoms with Gasteiger partial charge in [0.2, 0.25) is 5.91 Å². The summed E-state index contributed by atoms with van der Waals surface area (Å²) in [7, 11) is 1.44. The first kappa shape index (κ1) is 13.8. The summed E-state index contributed by atoms with van der Waals surface area (Å²) in [4.78, 5) is 14.0. The van der Waals surface area contributed by atoms with Crippen molar-refractivity contribution in [3.8, 4) is 6.07 Å². The summed E-state index contributed by atoms with van der Waals surface area (Å²) in [5, 5.41) is 11.4. The van der Waals surface area contributed by atoms with Crippen LogP contribution in [0.4, 0.5) is 18.9 Å². The molecule has 0 bridgehead atoms. The number of halogens is 3. The average Bonchev–Trinajstić information content (AvgIpc) is 2.26. The normalized spacial score (nSPS) is 10.8. The number of pyridine rings is 1. The van der Waals surface area contributed by atoms with Crippen LogP contribution in [-0.4, -0.2) is 17.9 Å². The molecule has 0 unspecified atom stereocenters. The maximum Gasteiger partial charge on any atom is 0.434 e. The first-order chi connectivity index (χ1) is 8.31. The number of amides is 1. The van der Waals surface area contributed by atoms with E-state index >= 15 is 0 Å². The van der Waals surface area contributed by atoms with Crippen LogP contribution in [0.5, 0.6) is 0 Å². The lowest BCUT2D eigenvalue weighted by Crippen LogP contribution is -2.19. The molecule has 0 fully saturated rings. The Morgan fingerprint density at radius 2 is 2.22 bits per heavy atom. The minimum atomic E-state index is -4.76. The Morgan fingerprint density at radius 3 is 2.61 bits per heavy atom. The smallest absolute Gasteiger partial charge is 0.387 e. The Hall–Kier alpha value is -2.30. The third-order valence-corrected chi connectivity index (χ3v) is 2.19. The minimum absolute atomic E-state index is 0.102. The van der Waals surface area contributed by atoms with Gasteiger partial charge in [-0.15, -0.1) is 0 Å². The molecule has 0 aliphatic heterocycles. The third-order valence-electron chi connectivity index (χ3n) is 2.19. The lowest BCUT2D eigenvalue weighted by atomic mass is 10.0. The summed E-state index contributed by atoms with van der Waals surface area (Å²) in [5.41, 5.74) is 3.01. The van der Waals surface area contributed by atoms with Crippen LogP contribution in [0, 0.1) is 11.3 Å². The fourth-order valence-corrected chi connectivity index (χ4v) is 1.46. The summed E-state index contributed by atoms with van der Waals surface area (Å²) in [6, 6.07) is 1.42. The fraction of sp³-hybridized carbons (Fsp3) is 0.300. The van der Waals surface area contributed by atoms with Crippen molar-refractivity contribution in [2.75, 3.05) is 12.4 Å². The molecule has 1 aromatic rings. The van der Waals surface area contributed by atoms with Crippen LogP contribution in [0.25, 0.3) is 0 Å². The highest BCUT2D eigenvalue weighted by Gasteiger charge is 2.37. The summed E-state index contributed by atoms with van der Waals surface area (Å²) >= 11 is 0. The van der Waals surface area contributed by atoms with Crippen molar-refractivity contribution in [1.29, 1.82) is 5.26 Å². The molecule has 8 heteroatoms. The van der Waals surface area contributed by atoms with Crippen LogP contribution in [0.1, 0.15) is 16.8 Å². The Kier molecular flexibility index (Phi) is 3.76. The number of nitrogens with two attached hydrogens (primary N) is 1. The Balaban J connectivity index is 3.53. The molecule has 0 atom stereocenters. The lowest BCUT2D eigenvalue weighted by Gasteiger charge is -2.14. The van der Waals surface area contributed by atoms with Crippen molar-refractivity contribution in [2.45, 2.75) is 12.6 Å². The maximum atomic E-state index is 12.6. The molecule has 0 aliphatic carbocycles. The molecule has 0 saturated carbocycles. The molecule has 96 valence electrons. The predicted molar refractivity (Wildman–Crippen MR) is 56.4 cm³/mol. The van der Waals surface area contributed by atoms with Crippen LogP contribution in [0.3, 0.4) is 0 Å². The zero-order chi connectivity index (χ0) is 13.9. The van der Waals surface area contributed by atoms with Gasteiger partial charge in [0.05, 0.1) is 23.9 Å². The zero-order valence-corrected chi connectivity index (χ0v) is 9.30. The van der Waals surface area contributed by atoms with E-state index in [-0.39, 0.29) is 11.3 Å². The van der Waals surface area contributed by atoms with E-state index < -0.39 is 29.8 Å². The van der Waals surface area contributed by atoms with Gasteiger partial charge in [-0.2, -0.15) is 18.4 Å². The molecule has 0 radical (unpaired) electrons. The molecule has 18 heavy (non-hydrogen) atoms. The predicted octanol–water partition coefficient (Wildman–Crippen LogP) is 1.04. The number of nitrogens with one attached hydrogen (secondary N) is 1. The number of rotatable bonds is 3. The highest BCUT2D eigenvalue weighted by molar-refractivity contribution is 5.80. The van der Waals surface area contributed by atoms with E-state index in [1.54, 1.807) is 0 Å². The van der Waals surface area contributed by atoms with Crippen molar-refractivity contribution in [3.63, 3.8) is 0 Å². The van der Waals surface area contributed by atoms with E-state index in [4.69, 9.17) is 11.0 Å². The van der Waals surface area contributed by atoms with E-state index in [1.807, 2.05) is 0 Å². The molecule has 1 rings (SSSR count). The fourth-order valence-electron chi connectivity index (χ4n) is 1.46. The molecule has 3 N–H and O–H groups in total. The molecule has 1 heterocycles. The largest absolute Gasteiger partial charge is 0.434 e. The molecule has 0 aromatic carbocycles. The molecule has 5 nitrogen and oxygen atoms in total. The summed E-state index contributed by atoms with van der Waals surface area (Å²) in [6.45, 7) is 0. The minimum Gasteiger partial charge on any atom is -0.387 e. The number of hydrogen-bond donors (Lipinski definition) is 2. The maximum absolute atomic E-state index is 12.6. The first-order valence-corrected chi connectivity index (χ1v) is 4.76. The quantitative estimate of drug-likeness (QED) is 0.847. The van der Waals surface area contributed by atoms with Crippen molar-refractivity contribution >= 4 is 11.6 Å². The number of alkyl halides is 3. The monoisotopic (exact) mass is 258 g/mol. The molecule has 0 aliphatic rings. The van der Waals surface area contributed by atoms with Crippen LogP contribution in [0.2, 0.25) is 0 Å². The topological polar surface area (TPSA) is 91.8 Å². The van der Waals surface area contributed by atoms with Crippen LogP contribution >= 0.6 is 0 Å². The van der Waals surface area contributed by atoms with E-state index in [1.165, 1.54) is 13.1 Å². The Morgan fingerprint density at radius 1 is 1.61 bits per heavy atom. The number of carbonyl (C=O) groups excluding carboxylic acids is 1. The van der Waals surface area contributed by atoms with Crippen molar-refractivity contribution in [1.82, 2.24) is 4.98 Å². The number of anilines is 1. The van der Waals surface area contributed by atoms with E-state index in [2.05, 4.69) is 10.3 Å². The molecule has 0 saturated heterocycles. The second kappa shape index (κ2) is 4.91. The second-order valence-corrected chi connectivity index (χ2v) is 3.38. The summed E-state index contributed by atoms with van der Waals surface area (Å²) < 4.78 is 37.9. The van der Waals surface area contributed by atoms with Gasteiger partial charge >= 0.3 is 6.18 Å². The van der Waals surface area contributed by atoms with Gasteiger partial charge in [-0.05, 0) is 0 Å². The Bertz CT molecular complexity index is 519. The van der Waals surface area contributed by atoms with Crippen molar-refractivity contribution in [2.24, 2.45) is 5.73 Å². The van der Waals surface area contributed by atoms with Gasteiger partial charge in [-0.3, -0.25) is 4.79 Å². The van der Waals surface area contributed by atoms with Crippen LogP contribution in [-0.2, 0) is 17.4 Å². The summed E-state index contributed by atoms with van der Waals surface area (Å²) in [5.74, 6) is -0.831. The van der Waals surface area contributed by atoms with Gasteiger partial charge in [-0.1, -0.05) is 0 Å². The Labute approximate surface area is 100 Å². The number of aromatic nitrogens is 1. The van der Waals surface area contributed by atoms with Gasteiger partial charge in [0.15, 0.2) is 5.69 Å². The van der Waals surface area contributed by atoms with E-state index in [0.717, 1.165) is 6.20 Å². The highest BCUT2D eigenvalue weighted by atomic mass is 19.4. The number of hydrogen-bond acceptors (Lipinski definition) is 4. The molecule has 1 aromatic heterocycles. The van der Waals surface area contributed by atoms with Gasteiger partial charge in [0.1, 0.15) is 6.07 Å². The molecular weight excluding hydrogens is 249 g/mol. The van der Waals surface area contributed by atoms with Crippen LogP contribution in [0.15, 0.2) is 6.20 Å². The number of primary amides is 1. The van der Waals surface area contributed by atoms with Crippen molar-refractivity contribution in [3.05, 3.63) is 23.0 Å². The first-order valence-electron chi connectivity index (χ1n) is 4.76. The van der Waals surface area contributed by atoms with Gasteiger partial charge in [0, 0.05) is 12.6 Å². The van der Waals surface area contributed by atoms with Crippen molar-refractivity contribution < 1.29 is 18.0 Å². The van der Waals surface area contributed by atoms with E-state index in [0.29, 0.717) is 0 Å². The highest BCUT2D eigenvalue weighted by Crippen LogP contribution is 2.33. The lowest BCUT2D eigenvalue weighted by molar-refractivity contribution is -0.141. The standard InChI is InChI=1S/C10H9F3N4O/c1-16-7-4-17-9(10(11,12)13)6(3-14)5(7)2-8(15)18/h4,16H,2H2,1H3,(H2,15,18). The number of carbonyl (C=O) groups is 1. The molecular formula is C10H9F3N4O. The average molecular weight is 258 g/mol. The third kappa shape index (κ3) is 2.68. The molecule has 0 spiro atoms. The number of nitrogens with zero attached hydrogens (tertiary/aromatic N) is 2. The number of nitriles is 1. The van der Waals surface area contributed by atoms with Crippen LogP contribution < -0.4 is 11.1 Å². The SMILES string of the molecule is CNc1cnc(C(F)(F)F)c(C#N)c1CC(N)=O. The van der Waals surface area contributed by atoms with Gasteiger partial charge in [0.25, 0.3) is 0 Å².